The normalized spacial score (nSPS) is 11.3. The number of ether oxygens (including phenoxy) is 4. The minimum absolute atomic E-state index is 0.318. The molecule has 0 rings (SSSR count). The van der Waals surface area contributed by atoms with Gasteiger partial charge in [-0.15, -0.1) is 26.3 Å². The lowest BCUT2D eigenvalue weighted by atomic mass is 10.3. The lowest BCUT2D eigenvalue weighted by molar-refractivity contribution is -0.335. The van der Waals surface area contributed by atoms with Crippen molar-refractivity contribution in [2.75, 3.05) is 26.4 Å². The summed E-state index contributed by atoms with van der Waals surface area (Å²) in [5, 5.41) is 0. The van der Waals surface area contributed by atoms with Gasteiger partial charge in [0.2, 0.25) is 12.1 Å². The summed E-state index contributed by atoms with van der Waals surface area (Å²) in [5.41, 5.74) is 0. The Balaban J connectivity index is 4.82. The van der Waals surface area contributed by atoms with E-state index in [1.54, 1.807) is 31.2 Å². The van der Waals surface area contributed by atoms with Gasteiger partial charge in [0.05, 0.1) is 26.4 Å². The Hall–Kier alpha value is -1.20. The predicted octanol–water partition coefficient (Wildman–Crippen LogP) is 2.84. The molecule has 0 spiro atoms. The van der Waals surface area contributed by atoms with Crippen LogP contribution in [0, 0.1) is 0 Å². The summed E-state index contributed by atoms with van der Waals surface area (Å²) < 4.78 is 22.4. The Morgan fingerprint density at radius 2 is 1.16 bits per heavy atom. The quantitative estimate of drug-likeness (QED) is 0.380. The van der Waals surface area contributed by atoms with Crippen LogP contribution in [0.2, 0.25) is 0 Å². The van der Waals surface area contributed by atoms with Gasteiger partial charge in [0.25, 0.3) is 0 Å². The maximum Gasteiger partial charge on any atom is 0.218 e. The first-order valence-corrected chi connectivity index (χ1v) is 6.09. The summed E-state index contributed by atoms with van der Waals surface area (Å²) in [7, 11) is 0. The highest BCUT2D eigenvalue weighted by Crippen LogP contribution is 2.22. The van der Waals surface area contributed by atoms with Crippen molar-refractivity contribution < 1.29 is 18.9 Å². The van der Waals surface area contributed by atoms with Gasteiger partial charge in [-0.1, -0.05) is 24.3 Å². The lowest BCUT2D eigenvalue weighted by Gasteiger charge is -2.35. The van der Waals surface area contributed by atoms with E-state index in [-0.39, 0.29) is 0 Å². The topological polar surface area (TPSA) is 36.9 Å². The van der Waals surface area contributed by atoms with Gasteiger partial charge in [0, 0.05) is 0 Å². The second kappa shape index (κ2) is 10.7. The van der Waals surface area contributed by atoms with Gasteiger partial charge in [-0.25, -0.2) is 0 Å². The average Bonchev–Trinajstić information content (AvgIpc) is 2.43. The Labute approximate surface area is 116 Å². The summed E-state index contributed by atoms with van der Waals surface area (Å²) in [4.78, 5) is 0. The van der Waals surface area contributed by atoms with Crippen molar-refractivity contribution in [3.05, 3.63) is 50.6 Å². The largest absolute Gasteiger partial charge is 0.344 e. The van der Waals surface area contributed by atoms with Crippen LogP contribution in [0.25, 0.3) is 0 Å². The van der Waals surface area contributed by atoms with Crippen molar-refractivity contribution in [3.8, 4) is 0 Å². The molecule has 108 valence electrons. The third-order valence-electron chi connectivity index (χ3n) is 2.13. The van der Waals surface area contributed by atoms with Crippen LogP contribution in [-0.4, -0.2) is 38.5 Å². The molecule has 4 heteroatoms. The average molecular weight is 268 g/mol. The van der Waals surface area contributed by atoms with Crippen molar-refractivity contribution in [2.45, 2.75) is 19.0 Å². The zero-order chi connectivity index (χ0) is 14.6. The molecule has 4 nitrogen and oxygen atoms in total. The van der Waals surface area contributed by atoms with Gasteiger partial charge in [-0.3, -0.25) is 0 Å². The molecule has 0 unspecified atom stereocenters. The van der Waals surface area contributed by atoms with Gasteiger partial charge in [-0.2, -0.15) is 0 Å². The first-order valence-electron chi connectivity index (χ1n) is 6.09. The van der Waals surface area contributed by atoms with Crippen LogP contribution in [0.5, 0.6) is 0 Å². The zero-order valence-electron chi connectivity index (χ0n) is 11.7. The Kier molecular flexibility index (Phi) is 10.0. The summed E-state index contributed by atoms with van der Waals surface area (Å²) in [6.07, 6.45) is 5.82. The number of hydrogen-bond acceptors (Lipinski definition) is 4. The predicted molar refractivity (Wildman–Crippen MR) is 76.8 cm³/mol. The van der Waals surface area contributed by atoms with Gasteiger partial charge in [0.1, 0.15) is 0 Å². The van der Waals surface area contributed by atoms with Gasteiger partial charge >= 0.3 is 0 Å². The molecule has 0 saturated heterocycles. The monoisotopic (exact) mass is 268 g/mol. The second-order valence-electron chi connectivity index (χ2n) is 3.79. The third-order valence-corrected chi connectivity index (χ3v) is 2.13. The second-order valence-corrected chi connectivity index (χ2v) is 3.79. The molecule has 0 atom stereocenters. The van der Waals surface area contributed by atoms with E-state index in [9.17, 15) is 0 Å². The van der Waals surface area contributed by atoms with E-state index in [0.717, 1.165) is 0 Å². The molecule has 0 aliphatic carbocycles. The molecular formula is C15H24O4. The van der Waals surface area contributed by atoms with Gasteiger partial charge < -0.3 is 18.9 Å². The first kappa shape index (κ1) is 17.8. The van der Waals surface area contributed by atoms with Crippen LogP contribution >= 0.6 is 0 Å². The summed E-state index contributed by atoms with van der Waals surface area (Å²) in [6.45, 7) is 17.5. The van der Waals surface area contributed by atoms with E-state index in [0.29, 0.717) is 26.4 Å². The Bertz CT molecular complexity index is 262. The fraction of sp³-hybridized carbons (Fsp3) is 0.467. The fourth-order valence-corrected chi connectivity index (χ4v) is 1.29. The molecule has 0 aliphatic heterocycles. The lowest BCUT2D eigenvalue weighted by Crippen LogP contribution is -2.48. The molecule has 0 amide bonds. The Morgan fingerprint density at radius 1 is 0.789 bits per heavy atom. The van der Waals surface area contributed by atoms with Crippen LogP contribution < -0.4 is 0 Å². The first-order chi connectivity index (χ1) is 9.14. The van der Waals surface area contributed by atoms with Crippen LogP contribution in [0.3, 0.4) is 0 Å². The molecule has 0 saturated carbocycles. The maximum atomic E-state index is 5.63. The molecular weight excluding hydrogens is 244 g/mol. The van der Waals surface area contributed by atoms with Gasteiger partial charge in [0.15, 0.2) is 0 Å². The van der Waals surface area contributed by atoms with Crippen molar-refractivity contribution in [2.24, 2.45) is 0 Å². The highest BCUT2D eigenvalue weighted by molar-refractivity contribution is 4.78. The highest BCUT2D eigenvalue weighted by atomic mass is 16.8. The van der Waals surface area contributed by atoms with Crippen LogP contribution in [0.4, 0.5) is 0 Å². The Morgan fingerprint density at radius 3 is 1.47 bits per heavy atom. The molecule has 0 fully saturated rings. The SMILES string of the molecule is C=CCOC(OCC=C)C(C)(OCC=C)OCC=C. The molecule has 0 aromatic heterocycles. The molecule has 0 radical (unpaired) electrons. The van der Waals surface area contributed by atoms with Crippen LogP contribution in [-0.2, 0) is 18.9 Å². The molecule has 0 aromatic carbocycles. The molecule has 0 aromatic rings. The van der Waals surface area contributed by atoms with E-state index >= 15 is 0 Å². The zero-order valence-corrected chi connectivity index (χ0v) is 11.7. The number of hydrogen-bond donors (Lipinski definition) is 0. The van der Waals surface area contributed by atoms with Gasteiger partial charge in [-0.05, 0) is 6.92 Å². The van der Waals surface area contributed by atoms with Crippen molar-refractivity contribution in [1.29, 1.82) is 0 Å². The van der Waals surface area contributed by atoms with Crippen molar-refractivity contribution in [1.82, 2.24) is 0 Å². The van der Waals surface area contributed by atoms with E-state index < -0.39 is 12.1 Å². The molecule has 0 aliphatic rings. The molecule has 0 heterocycles. The molecule has 19 heavy (non-hydrogen) atoms. The maximum absolute atomic E-state index is 5.63. The smallest absolute Gasteiger partial charge is 0.218 e. The van der Waals surface area contributed by atoms with Crippen LogP contribution in [0.15, 0.2) is 50.6 Å². The highest BCUT2D eigenvalue weighted by Gasteiger charge is 2.38. The standard InChI is InChI=1S/C15H24O4/c1-6-10-16-14(17-11-7-2)15(5,18-12-8-3)19-13-9-4/h6-9,14H,1-4,10-13H2,5H3. The fourth-order valence-electron chi connectivity index (χ4n) is 1.29. The summed E-state index contributed by atoms with van der Waals surface area (Å²) >= 11 is 0. The third kappa shape index (κ3) is 7.08. The summed E-state index contributed by atoms with van der Waals surface area (Å²) in [5.74, 6) is -1.06. The van der Waals surface area contributed by atoms with Crippen LogP contribution in [0.1, 0.15) is 6.92 Å². The minimum Gasteiger partial charge on any atom is -0.344 e. The van der Waals surface area contributed by atoms with Crippen molar-refractivity contribution in [3.63, 3.8) is 0 Å². The van der Waals surface area contributed by atoms with Crippen molar-refractivity contribution >= 4 is 0 Å². The molecule has 0 bridgehead atoms. The van der Waals surface area contributed by atoms with E-state index in [2.05, 4.69) is 26.3 Å². The number of rotatable bonds is 13. The van der Waals surface area contributed by atoms with E-state index in [1.165, 1.54) is 0 Å². The summed E-state index contributed by atoms with van der Waals surface area (Å²) in [6, 6.07) is 0. The molecule has 0 N–H and O–H groups in total. The minimum atomic E-state index is -1.06. The van der Waals surface area contributed by atoms with E-state index in [1.807, 2.05) is 0 Å². The van der Waals surface area contributed by atoms with E-state index in [4.69, 9.17) is 18.9 Å².